The molecule has 1 fully saturated rings. The number of carbonyl (C=O) groups excluding carboxylic acids is 2. The SMILES string of the molecule is Cc1ccc(N(CC(=O)N(Cc2ccc(Cl)cc2Cl)C(C)C(=O)NC2CCCC2)S(C)(=O)=O)c(C)c1. The van der Waals surface area contributed by atoms with Crippen LogP contribution in [0.4, 0.5) is 5.69 Å². The van der Waals surface area contributed by atoms with E-state index in [0.717, 1.165) is 47.4 Å². The van der Waals surface area contributed by atoms with E-state index >= 15 is 0 Å². The Morgan fingerprint density at radius 2 is 1.75 bits per heavy atom. The first kappa shape index (κ1) is 28.3. The Bertz CT molecular complexity index is 1230. The molecule has 2 aromatic rings. The molecule has 0 heterocycles. The zero-order valence-corrected chi connectivity index (χ0v) is 23.4. The van der Waals surface area contributed by atoms with Gasteiger partial charge in [0.05, 0.1) is 11.9 Å². The van der Waals surface area contributed by atoms with Gasteiger partial charge in [-0.15, -0.1) is 0 Å². The van der Waals surface area contributed by atoms with Gasteiger partial charge in [-0.05, 0) is 62.9 Å². The molecule has 10 heteroatoms. The first-order valence-corrected chi connectivity index (χ1v) is 14.6. The summed E-state index contributed by atoms with van der Waals surface area (Å²) in [4.78, 5) is 28.2. The summed E-state index contributed by atoms with van der Waals surface area (Å²) in [5.41, 5.74) is 2.73. The summed E-state index contributed by atoms with van der Waals surface area (Å²) in [6.45, 7) is 4.93. The van der Waals surface area contributed by atoms with E-state index in [-0.39, 0.29) is 18.5 Å². The second-order valence-corrected chi connectivity index (χ2v) is 12.2. The van der Waals surface area contributed by atoms with Gasteiger partial charge >= 0.3 is 0 Å². The van der Waals surface area contributed by atoms with Gasteiger partial charge in [-0.1, -0.05) is 59.8 Å². The molecule has 0 bridgehead atoms. The molecular formula is C26H33Cl2N3O4S. The molecule has 2 amide bonds. The van der Waals surface area contributed by atoms with Gasteiger partial charge in [0.1, 0.15) is 12.6 Å². The lowest BCUT2D eigenvalue weighted by atomic mass is 10.1. The molecule has 0 spiro atoms. The summed E-state index contributed by atoms with van der Waals surface area (Å²) < 4.78 is 26.6. The van der Waals surface area contributed by atoms with Crippen molar-refractivity contribution in [2.45, 2.75) is 65.1 Å². The lowest BCUT2D eigenvalue weighted by molar-refractivity contribution is -0.139. The van der Waals surface area contributed by atoms with Crippen LogP contribution >= 0.6 is 23.2 Å². The van der Waals surface area contributed by atoms with Crippen LogP contribution in [0.5, 0.6) is 0 Å². The Morgan fingerprint density at radius 3 is 2.33 bits per heavy atom. The van der Waals surface area contributed by atoms with Crippen molar-refractivity contribution in [3.05, 3.63) is 63.1 Å². The highest BCUT2D eigenvalue weighted by Crippen LogP contribution is 2.26. The molecule has 0 saturated heterocycles. The van der Waals surface area contributed by atoms with Crippen molar-refractivity contribution in [1.29, 1.82) is 0 Å². The van der Waals surface area contributed by atoms with Crippen molar-refractivity contribution in [2.75, 3.05) is 17.1 Å². The fraction of sp³-hybridized carbons (Fsp3) is 0.462. The summed E-state index contributed by atoms with van der Waals surface area (Å²) in [7, 11) is -3.79. The van der Waals surface area contributed by atoms with Crippen LogP contribution in [-0.2, 0) is 26.2 Å². The summed E-state index contributed by atoms with van der Waals surface area (Å²) in [5.74, 6) is -0.793. The van der Waals surface area contributed by atoms with E-state index in [4.69, 9.17) is 23.2 Å². The highest BCUT2D eigenvalue weighted by Gasteiger charge is 2.32. The van der Waals surface area contributed by atoms with Crippen LogP contribution in [-0.4, -0.2) is 50.0 Å². The number of amides is 2. The number of rotatable bonds is 9. The summed E-state index contributed by atoms with van der Waals surface area (Å²) in [6, 6.07) is 9.52. The van der Waals surface area contributed by atoms with Gasteiger partial charge in [0.15, 0.2) is 0 Å². The quantitative estimate of drug-likeness (QED) is 0.480. The minimum absolute atomic E-state index is 0.0264. The number of benzene rings is 2. The average molecular weight is 555 g/mol. The predicted octanol–water partition coefficient (Wildman–Crippen LogP) is 4.85. The summed E-state index contributed by atoms with van der Waals surface area (Å²) in [6.07, 6.45) is 4.99. The Morgan fingerprint density at radius 1 is 1.08 bits per heavy atom. The zero-order chi connectivity index (χ0) is 26.6. The number of nitrogens with one attached hydrogen (secondary N) is 1. The van der Waals surface area contributed by atoms with E-state index in [0.29, 0.717) is 21.3 Å². The van der Waals surface area contributed by atoms with Gasteiger partial charge in [-0.25, -0.2) is 8.42 Å². The standard InChI is InChI=1S/C26H33Cl2N3O4S/c1-17-9-12-24(18(2)13-17)31(36(4,34)35)16-25(32)30(15-20-10-11-21(27)14-23(20)28)19(3)26(33)29-22-7-5-6-8-22/h9-14,19,22H,5-8,15-16H2,1-4H3,(H,29,33). The summed E-state index contributed by atoms with van der Waals surface area (Å²) >= 11 is 12.4. The molecule has 36 heavy (non-hydrogen) atoms. The van der Waals surface area contributed by atoms with Crippen molar-refractivity contribution in [1.82, 2.24) is 10.2 Å². The normalized spacial score (nSPS) is 14.9. The number of hydrogen-bond acceptors (Lipinski definition) is 4. The van der Waals surface area contributed by atoms with Gasteiger partial charge < -0.3 is 10.2 Å². The minimum Gasteiger partial charge on any atom is -0.352 e. The van der Waals surface area contributed by atoms with Crippen LogP contribution in [0, 0.1) is 13.8 Å². The van der Waals surface area contributed by atoms with Crippen LogP contribution in [0.3, 0.4) is 0 Å². The Hall–Kier alpha value is -2.29. The number of sulfonamides is 1. The highest BCUT2D eigenvalue weighted by molar-refractivity contribution is 7.92. The third-order valence-electron chi connectivity index (χ3n) is 6.52. The molecule has 196 valence electrons. The lowest BCUT2D eigenvalue weighted by Crippen LogP contribution is -2.52. The number of halogens is 2. The third kappa shape index (κ3) is 7.14. The Kier molecular flexibility index (Phi) is 9.30. The molecule has 1 saturated carbocycles. The van der Waals surface area contributed by atoms with Gasteiger partial charge in [-0.2, -0.15) is 0 Å². The molecule has 1 N–H and O–H groups in total. The molecule has 0 aromatic heterocycles. The number of nitrogens with zero attached hydrogens (tertiary/aromatic N) is 2. The molecule has 7 nitrogen and oxygen atoms in total. The van der Waals surface area contributed by atoms with E-state index in [1.165, 1.54) is 4.90 Å². The largest absolute Gasteiger partial charge is 0.352 e. The number of carbonyl (C=O) groups is 2. The molecule has 0 radical (unpaired) electrons. The van der Waals surface area contributed by atoms with Gasteiger partial charge in [0.25, 0.3) is 0 Å². The van der Waals surface area contributed by atoms with E-state index in [1.807, 2.05) is 13.0 Å². The van der Waals surface area contributed by atoms with Gasteiger partial charge in [-0.3, -0.25) is 13.9 Å². The van der Waals surface area contributed by atoms with Crippen LogP contribution in [0.1, 0.15) is 49.3 Å². The van der Waals surface area contributed by atoms with E-state index in [2.05, 4.69) is 5.32 Å². The maximum absolute atomic E-state index is 13.7. The van der Waals surface area contributed by atoms with Crippen LogP contribution in [0.15, 0.2) is 36.4 Å². The van der Waals surface area contributed by atoms with E-state index in [1.54, 1.807) is 44.2 Å². The Labute approximate surface area is 223 Å². The summed E-state index contributed by atoms with van der Waals surface area (Å²) in [5, 5.41) is 3.85. The first-order valence-electron chi connectivity index (χ1n) is 12.0. The van der Waals surface area contributed by atoms with Crippen LogP contribution < -0.4 is 9.62 Å². The number of anilines is 1. The van der Waals surface area contributed by atoms with E-state index in [9.17, 15) is 18.0 Å². The smallest absolute Gasteiger partial charge is 0.244 e. The molecule has 1 aliphatic rings. The van der Waals surface area contributed by atoms with Crippen LogP contribution in [0.2, 0.25) is 10.0 Å². The van der Waals surface area contributed by atoms with Gasteiger partial charge in [0, 0.05) is 22.6 Å². The molecule has 0 aliphatic heterocycles. The highest BCUT2D eigenvalue weighted by atomic mass is 35.5. The number of hydrogen-bond donors (Lipinski definition) is 1. The molecule has 2 aromatic carbocycles. The topological polar surface area (TPSA) is 86.8 Å². The second-order valence-electron chi connectivity index (χ2n) is 9.48. The zero-order valence-electron chi connectivity index (χ0n) is 21.1. The predicted molar refractivity (Wildman–Crippen MR) is 145 cm³/mol. The fourth-order valence-electron chi connectivity index (χ4n) is 4.49. The van der Waals surface area contributed by atoms with Gasteiger partial charge in [0.2, 0.25) is 21.8 Å². The Balaban J connectivity index is 1.93. The molecule has 1 atom stereocenters. The second kappa shape index (κ2) is 11.8. The average Bonchev–Trinajstić information content (AvgIpc) is 3.29. The van der Waals surface area contributed by atoms with E-state index < -0.39 is 28.5 Å². The monoisotopic (exact) mass is 553 g/mol. The lowest BCUT2D eigenvalue weighted by Gasteiger charge is -2.32. The molecule has 1 unspecified atom stereocenters. The van der Waals surface area contributed by atoms with Crippen molar-refractivity contribution in [3.63, 3.8) is 0 Å². The molecular weight excluding hydrogens is 521 g/mol. The maximum Gasteiger partial charge on any atom is 0.244 e. The molecule has 3 rings (SSSR count). The van der Waals surface area contributed by atoms with Crippen molar-refractivity contribution in [2.24, 2.45) is 0 Å². The fourth-order valence-corrected chi connectivity index (χ4v) is 5.86. The molecule has 1 aliphatic carbocycles. The maximum atomic E-state index is 13.7. The minimum atomic E-state index is -3.79. The van der Waals surface area contributed by atoms with Crippen molar-refractivity contribution < 1.29 is 18.0 Å². The van der Waals surface area contributed by atoms with Crippen molar-refractivity contribution in [3.8, 4) is 0 Å². The van der Waals surface area contributed by atoms with Crippen molar-refractivity contribution >= 4 is 50.7 Å². The third-order valence-corrected chi connectivity index (χ3v) is 8.24. The van der Waals surface area contributed by atoms with Crippen LogP contribution in [0.25, 0.3) is 0 Å². The first-order chi connectivity index (χ1) is 16.9. The number of aryl methyl sites for hydroxylation is 2.